The lowest BCUT2D eigenvalue weighted by atomic mass is 10.1. The predicted octanol–water partition coefficient (Wildman–Crippen LogP) is 4.20. The smallest absolute Gasteiger partial charge is 0.248 e. The molecule has 0 unspecified atom stereocenters. The molecule has 3 aromatic carbocycles. The zero-order valence-corrected chi connectivity index (χ0v) is 13.4. The number of nitrogens with two attached hydrogens (primary N) is 1. The number of para-hydroxylation sites is 1. The lowest BCUT2D eigenvalue weighted by molar-refractivity contribution is 0.100. The molecule has 0 radical (unpaired) electrons. The molecule has 5 aromatic rings. The van der Waals surface area contributed by atoms with E-state index < -0.39 is 5.91 Å². The van der Waals surface area contributed by atoms with E-state index in [-0.39, 0.29) is 5.75 Å². The minimum atomic E-state index is -0.524. The number of fused-ring (bicyclic) bond motifs is 4. The highest BCUT2D eigenvalue weighted by atomic mass is 16.4. The summed E-state index contributed by atoms with van der Waals surface area (Å²) in [6, 6.07) is 15.7. The Morgan fingerprint density at radius 3 is 2.69 bits per heavy atom. The van der Waals surface area contributed by atoms with Gasteiger partial charge in [-0.05, 0) is 36.4 Å². The van der Waals surface area contributed by atoms with E-state index in [9.17, 15) is 9.90 Å². The monoisotopic (exact) mass is 344 g/mol. The number of carbonyl (C=O) groups is 1. The van der Waals surface area contributed by atoms with E-state index in [2.05, 4.69) is 4.98 Å². The Labute approximate surface area is 146 Å². The van der Waals surface area contributed by atoms with E-state index in [1.165, 1.54) is 0 Å². The lowest BCUT2D eigenvalue weighted by Crippen LogP contribution is -2.10. The van der Waals surface area contributed by atoms with Crippen LogP contribution in [0.3, 0.4) is 0 Å². The average Bonchev–Trinajstić information content (AvgIpc) is 3.23. The van der Waals surface area contributed by atoms with E-state index in [1.807, 2.05) is 24.3 Å². The maximum Gasteiger partial charge on any atom is 0.248 e. The van der Waals surface area contributed by atoms with Crippen molar-refractivity contribution in [2.75, 3.05) is 0 Å². The van der Waals surface area contributed by atoms with Gasteiger partial charge in [0.1, 0.15) is 11.1 Å². The van der Waals surface area contributed by atoms with Crippen molar-refractivity contribution in [3.63, 3.8) is 0 Å². The molecule has 6 heteroatoms. The Bertz CT molecular complexity index is 1330. The average molecular weight is 344 g/mol. The molecule has 2 aromatic heterocycles. The molecular formula is C20H12N2O4. The van der Waals surface area contributed by atoms with Gasteiger partial charge in [0.25, 0.3) is 0 Å². The maximum atomic E-state index is 11.4. The Kier molecular flexibility index (Phi) is 2.85. The summed E-state index contributed by atoms with van der Waals surface area (Å²) in [5.74, 6) is -0.102. The molecule has 0 bridgehead atoms. The van der Waals surface area contributed by atoms with Gasteiger partial charge in [-0.15, -0.1) is 0 Å². The second kappa shape index (κ2) is 5.10. The van der Waals surface area contributed by atoms with Crippen molar-refractivity contribution in [2.24, 2.45) is 5.73 Å². The Morgan fingerprint density at radius 2 is 1.85 bits per heavy atom. The van der Waals surface area contributed by atoms with Crippen LogP contribution in [-0.2, 0) is 0 Å². The van der Waals surface area contributed by atoms with Crippen LogP contribution in [0.5, 0.6) is 5.75 Å². The largest absolute Gasteiger partial charge is 0.504 e. The zero-order valence-electron chi connectivity index (χ0n) is 13.4. The van der Waals surface area contributed by atoms with E-state index in [1.54, 1.807) is 30.3 Å². The quantitative estimate of drug-likeness (QED) is 0.499. The third kappa shape index (κ3) is 1.99. The summed E-state index contributed by atoms with van der Waals surface area (Å²) < 4.78 is 11.7. The van der Waals surface area contributed by atoms with E-state index in [0.717, 1.165) is 10.8 Å². The number of nitrogens with zero attached hydrogens (tertiary/aromatic N) is 1. The van der Waals surface area contributed by atoms with Crippen LogP contribution in [0.4, 0.5) is 0 Å². The molecule has 3 N–H and O–H groups in total. The third-order valence-electron chi connectivity index (χ3n) is 4.41. The summed E-state index contributed by atoms with van der Waals surface area (Å²) in [6.45, 7) is 0. The van der Waals surface area contributed by atoms with Crippen molar-refractivity contribution in [3.8, 4) is 17.2 Å². The second-order valence-corrected chi connectivity index (χ2v) is 6.00. The number of aromatic hydroxyl groups is 1. The predicted molar refractivity (Wildman–Crippen MR) is 96.9 cm³/mol. The number of phenolic OH excluding ortho intramolecular Hbond substituents is 1. The number of phenols is 1. The molecule has 0 aliphatic rings. The number of furan rings is 1. The molecule has 0 spiro atoms. The van der Waals surface area contributed by atoms with Crippen molar-refractivity contribution in [3.05, 3.63) is 60.2 Å². The van der Waals surface area contributed by atoms with Crippen molar-refractivity contribution >= 4 is 38.9 Å². The molecule has 0 atom stereocenters. The van der Waals surface area contributed by atoms with E-state index >= 15 is 0 Å². The fourth-order valence-electron chi connectivity index (χ4n) is 3.19. The zero-order chi connectivity index (χ0) is 17.8. The number of rotatable bonds is 2. The number of hydrogen-bond acceptors (Lipinski definition) is 5. The number of benzene rings is 3. The Morgan fingerprint density at radius 1 is 1.00 bits per heavy atom. The van der Waals surface area contributed by atoms with Crippen LogP contribution in [0.15, 0.2) is 63.4 Å². The highest BCUT2D eigenvalue weighted by Gasteiger charge is 2.19. The standard InChI is InChI=1S/C20H12N2O4/c21-19(24)10-5-8-16-13(9-10)22-20(26-16)12-6-7-14(23)18-17(12)11-3-1-2-4-15(11)25-18/h1-9,23H,(H2,21,24). The molecule has 2 heterocycles. The lowest BCUT2D eigenvalue weighted by Gasteiger charge is -2.00. The molecule has 0 fully saturated rings. The highest BCUT2D eigenvalue weighted by molar-refractivity contribution is 6.13. The topological polar surface area (TPSA) is 102 Å². The summed E-state index contributed by atoms with van der Waals surface area (Å²) in [5.41, 5.74) is 8.50. The number of oxazole rings is 1. The van der Waals surface area contributed by atoms with E-state index in [0.29, 0.717) is 39.3 Å². The first-order valence-electron chi connectivity index (χ1n) is 7.96. The molecular weight excluding hydrogens is 332 g/mol. The van der Waals surface area contributed by atoms with Crippen LogP contribution in [0.2, 0.25) is 0 Å². The van der Waals surface area contributed by atoms with Crippen molar-refractivity contribution in [2.45, 2.75) is 0 Å². The summed E-state index contributed by atoms with van der Waals surface area (Å²) >= 11 is 0. The van der Waals surface area contributed by atoms with Crippen molar-refractivity contribution in [1.29, 1.82) is 0 Å². The van der Waals surface area contributed by atoms with Gasteiger partial charge >= 0.3 is 0 Å². The number of aromatic nitrogens is 1. The summed E-state index contributed by atoms with van der Waals surface area (Å²) in [6.07, 6.45) is 0. The molecule has 126 valence electrons. The minimum absolute atomic E-state index is 0.0482. The fourth-order valence-corrected chi connectivity index (χ4v) is 3.19. The first-order chi connectivity index (χ1) is 12.6. The number of primary amides is 1. The van der Waals surface area contributed by atoms with Crippen LogP contribution < -0.4 is 5.73 Å². The van der Waals surface area contributed by atoms with E-state index in [4.69, 9.17) is 14.6 Å². The highest BCUT2D eigenvalue weighted by Crippen LogP contribution is 2.41. The molecule has 26 heavy (non-hydrogen) atoms. The second-order valence-electron chi connectivity index (χ2n) is 6.00. The van der Waals surface area contributed by atoms with Gasteiger partial charge in [0.2, 0.25) is 11.8 Å². The van der Waals surface area contributed by atoms with Gasteiger partial charge < -0.3 is 19.7 Å². The summed E-state index contributed by atoms with van der Waals surface area (Å²) in [7, 11) is 0. The van der Waals surface area contributed by atoms with Crippen LogP contribution in [-0.4, -0.2) is 16.0 Å². The van der Waals surface area contributed by atoms with Crippen molar-refractivity contribution in [1.82, 2.24) is 4.98 Å². The van der Waals surface area contributed by atoms with Crippen molar-refractivity contribution < 1.29 is 18.7 Å². The summed E-state index contributed by atoms with van der Waals surface area (Å²) in [4.78, 5) is 15.9. The molecule has 0 saturated carbocycles. The number of hydrogen-bond donors (Lipinski definition) is 2. The molecule has 0 aliphatic carbocycles. The molecule has 0 aliphatic heterocycles. The molecule has 1 amide bonds. The SMILES string of the molecule is NC(=O)c1ccc2oc(-c3ccc(O)c4oc5ccccc5c34)nc2c1. The molecule has 6 nitrogen and oxygen atoms in total. The Balaban J connectivity index is 1.83. The van der Waals surface area contributed by atoms with Gasteiger partial charge in [0.05, 0.1) is 0 Å². The molecule has 5 rings (SSSR count). The van der Waals surface area contributed by atoms with Crippen LogP contribution >= 0.6 is 0 Å². The van der Waals surface area contributed by atoms with Gasteiger partial charge in [0.15, 0.2) is 16.9 Å². The number of amides is 1. The molecule has 0 saturated heterocycles. The number of carbonyl (C=O) groups excluding carboxylic acids is 1. The van der Waals surface area contributed by atoms with Crippen LogP contribution in [0.1, 0.15) is 10.4 Å². The third-order valence-corrected chi connectivity index (χ3v) is 4.41. The summed E-state index contributed by atoms with van der Waals surface area (Å²) in [5, 5.41) is 11.8. The van der Waals surface area contributed by atoms with Gasteiger partial charge in [-0.25, -0.2) is 4.98 Å². The normalized spacial score (nSPS) is 11.5. The fraction of sp³-hybridized carbons (Fsp3) is 0. The van der Waals surface area contributed by atoms with Gasteiger partial charge in [-0.1, -0.05) is 18.2 Å². The maximum absolute atomic E-state index is 11.4. The first-order valence-corrected chi connectivity index (χ1v) is 7.96. The van der Waals surface area contributed by atoms with Gasteiger partial charge in [0, 0.05) is 21.9 Å². The van der Waals surface area contributed by atoms with Gasteiger partial charge in [-0.3, -0.25) is 4.79 Å². The van der Waals surface area contributed by atoms with Crippen LogP contribution in [0.25, 0.3) is 44.5 Å². The van der Waals surface area contributed by atoms with Gasteiger partial charge in [-0.2, -0.15) is 0 Å². The first kappa shape index (κ1) is 14.5. The van der Waals surface area contributed by atoms with Crippen LogP contribution in [0, 0.1) is 0 Å². The Hall–Kier alpha value is -3.80. The minimum Gasteiger partial charge on any atom is -0.504 e.